The van der Waals surface area contributed by atoms with Crippen molar-refractivity contribution in [1.29, 1.82) is 0 Å². The maximum Gasteiger partial charge on any atom is 0.188 e. The second kappa shape index (κ2) is 11.0. The van der Waals surface area contributed by atoms with E-state index in [-0.39, 0.29) is 0 Å². The summed E-state index contributed by atoms with van der Waals surface area (Å²) in [6, 6.07) is 58.7. The molecule has 1 aliphatic rings. The van der Waals surface area contributed by atoms with E-state index >= 15 is 0 Å². The Labute approximate surface area is 264 Å². The number of benzene rings is 6. The fourth-order valence-corrected chi connectivity index (χ4v) is 17.8. The Morgan fingerprint density at radius 1 is 0.386 bits per heavy atom. The summed E-state index contributed by atoms with van der Waals surface area (Å²) in [5, 5.41) is 11.1. The van der Waals surface area contributed by atoms with Gasteiger partial charge in [0.2, 0.25) is 0 Å². The summed E-state index contributed by atoms with van der Waals surface area (Å²) in [4.78, 5) is 0. The van der Waals surface area contributed by atoms with Crippen LogP contribution in [0, 0.1) is 0 Å². The SMILES string of the molecule is C[Si](C)(c1ccccc1)c1cccc2c1Oc1c([Si](C)(C)c3ccccc3)cccc1[Si]2(c1ccccc1)c1ccccc1. The molecule has 0 saturated heterocycles. The monoisotopic (exact) mass is 618 g/mol. The number of fused-ring (bicyclic) bond motifs is 2. The topological polar surface area (TPSA) is 9.23 Å². The van der Waals surface area contributed by atoms with Crippen LogP contribution in [-0.2, 0) is 0 Å². The first-order chi connectivity index (χ1) is 21.4. The Kier molecular flexibility index (Phi) is 7.16. The van der Waals surface area contributed by atoms with Gasteiger partial charge in [0.05, 0.1) is 0 Å². The highest BCUT2D eigenvalue weighted by molar-refractivity contribution is 7.21. The summed E-state index contributed by atoms with van der Waals surface area (Å²) in [6.07, 6.45) is 0. The number of hydrogen-bond donors (Lipinski definition) is 0. The number of para-hydroxylation sites is 2. The zero-order valence-corrected chi connectivity index (χ0v) is 28.9. The molecule has 0 radical (unpaired) electrons. The van der Waals surface area contributed by atoms with Gasteiger partial charge in [-0.05, 0) is 31.1 Å². The van der Waals surface area contributed by atoms with Gasteiger partial charge in [-0.3, -0.25) is 0 Å². The molecule has 0 fully saturated rings. The molecule has 1 aliphatic heterocycles. The average Bonchev–Trinajstić information content (AvgIpc) is 3.08. The van der Waals surface area contributed by atoms with Crippen LogP contribution in [0.1, 0.15) is 0 Å². The van der Waals surface area contributed by atoms with E-state index in [1.54, 1.807) is 0 Å². The molecule has 0 spiro atoms. The predicted octanol–water partition coefficient (Wildman–Crippen LogP) is 4.81. The Morgan fingerprint density at radius 3 is 1.09 bits per heavy atom. The van der Waals surface area contributed by atoms with Crippen molar-refractivity contribution in [3.8, 4) is 11.5 Å². The molecule has 0 saturated carbocycles. The van der Waals surface area contributed by atoms with Crippen molar-refractivity contribution in [1.82, 2.24) is 0 Å². The van der Waals surface area contributed by atoms with Gasteiger partial charge in [0.1, 0.15) is 27.6 Å². The van der Waals surface area contributed by atoms with Gasteiger partial charge in [-0.15, -0.1) is 0 Å². The van der Waals surface area contributed by atoms with Crippen molar-refractivity contribution < 1.29 is 4.74 Å². The smallest absolute Gasteiger partial charge is 0.188 e. The molecule has 0 atom stereocenters. The molecular formula is C40H38OSi3. The molecule has 6 aromatic rings. The summed E-state index contributed by atoms with van der Waals surface area (Å²) in [6.45, 7) is 9.89. The molecule has 0 bridgehead atoms. The van der Waals surface area contributed by atoms with E-state index in [4.69, 9.17) is 4.74 Å². The van der Waals surface area contributed by atoms with Crippen molar-refractivity contribution >= 4 is 65.7 Å². The molecule has 1 heterocycles. The zero-order chi connectivity index (χ0) is 30.4. The zero-order valence-electron chi connectivity index (χ0n) is 25.9. The summed E-state index contributed by atoms with van der Waals surface area (Å²) < 4.78 is 7.46. The van der Waals surface area contributed by atoms with E-state index in [0.717, 1.165) is 11.5 Å². The molecule has 0 aromatic heterocycles. The highest BCUT2D eigenvalue weighted by Gasteiger charge is 2.51. The Bertz CT molecular complexity index is 1780. The van der Waals surface area contributed by atoms with Crippen molar-refractivity contribution in [2.45, 2.75) is 26.2 Å². The van der Waals surface area contributed by atoms with Gasteiger partial charge in [-0.1, -0.05) is 194 Å². The first-order valence-corrected chi connectivity index (χ1v) is 23.5. The van der Waals surface area contributed by atoms with Crippen LogP contribution >= 0.6 is 0 Å². The van der Waals surface area contributed by atoms with Crippen LogP contribution < -0.4 is 46.2 Å². The number of rotatable bonds is 6. The summed E-state index contributed by atoms with van der Waals surface area (Å²) >= 11 is 0. The minimum absolute atomic E-state index is 1.09. The van der Waals surface area contributed by atoms with Crippen molar-refractivity contribution in [3.05, 3.63) is 158 Å². The lowest BCUT2D eigenvalue weighted by Gasteiger charge is -2.43. The van der Waals surface area contributed by atoms with Crippen molar-refractivity contribution in [3.63, 3.8) is 0 Å². The Balaban J connectivity index is 1.61. The maximum atomic E-state index is 7.46. The maximum absolute atomic E-state index is 7.46. The fourth-order valence-electron chi connectivity index (χ4n) is 7.30. The fraction of sp³-hybridized carbons (Fsp3) is 0.100. The van der Waals surface area contributed by atoms with Gasteiger partial charge in [-0.25, -0.2) is 0 Å². The van der Waals surface area contributed by atoms with Crippen LogP contribution in [0.3, 0.4) is 0 Å². The van der Waals surface area contributed by atoms with Gasteiger partial charge in [-0.2, -0.15) is 0 Å². The normalized spacial score (nSPS) is 13.8. The lowest BCUT2D eigenvalue weighted by atomic mass is 10.3. The van der Waals surface area contributed by atoms with Crippen LogP contribution in [0.4, 0.5) is 0 Å². The molecule has 7 rings (SSSR count). The highest BCUT2D eigenvalue weighted by Crippen LogP contribution is 2.30. The molecule has 1 nitrogen and oxygen atoms in total. The Hall–Kier alpha value is -4.23. The predicted molar refractivity (Wildman–Crippen MR) is 197 cm³/mol. The third kappa shape index (κ3) is 4.40. The third-order valence-electron chi connectivity index (χ3n) is 9.79. The van der Waals surface area contributed by atoms with Gasteiger partial charge in [0, 0.05) is 0 Å². The molecule has 216 valence electrons. The van der Waals surface area contributed by atoms with E-state index < -0.39 is 24.2 Å². The van der Waals surface area contributed by atoms with E-state index in [1.165, 1.54) is 41.5 Å². The number of hydrogen-bond acceptors (Lipinski definition) is 1. The number of ether oxygens (including phenoxy) is 1. The molecule has 44 heavy (non-hydrogen) atoms. The van der Waals surface area contributed by atoms with Gasteiger partial charge >= 0.3 is 0 Å². The second-order valence-corrected chi connectivity index (χ2v) is 25.4. The lowest BCUT2D eigenvalue weighted by Crippen LogP contribution is -2.77. The highest BCUT2D eigenvalue weighted by atomic mass is 28.3. The lowest BCUT2D eigenvalue weighted by molar-refractivity contribution is 0.494. The van der Waals surface area contributed by atoms with Crippen LogP contribution in [-0.4, -0.2) is 24.2 Å². The van der Waals surface area contributed by atoms with Crippen LogP contribution in [0.2, 0.25) is 26.2 Å². The van der Waals surface area contributed by atoms with Crippen LogP contribution in [0.15, 0.2) is 158 Å². The van der Waals surface area contributed by atoms with Crippen molar-refractivity contribution in [2.24, 2.45) is 0 Å². The summed E-state index contributed by atoms with van der Waals surface area (Å²) in [5.41, 5.74) is 0. The molecular weight excluding hydrogens is 581 g/mol. The quantitative estimate of drug-likeness (QED) is 0.243. The average molecular weight is 619 g/mol. The van der Waals surface area contributed by atoms with Crippen LogP contribution in [0.5, 0.6) is 11.5 Å². The first kappa shape index (κ1) is 28.5. The van der Waals surface area contributed by atoms with E-state index in [1.807, 2.05) is 0 Å². The molecule has 6 aromatic carbocycles. The molecule has 0 N–H and O–H groups in total. The third-order valence-corrected chi connectivity index (χ3v) is 21.6. The van der Waals surface area contributed by atoms with E-state index in [0.29, 0.717) is 0 Å². The largest absolute Gasteiger partial charge is 0.458 e. The molecule has 0 aliphatic carbocycles. The molecule has 4 heteroatoms. The molecule has 0 amide bonds. The van der Waals surface area contributed by atoms with E-state index in [2.05, 4.69) is 184 Å². The van der Waals surface area contributed by atoms with Gasteiger partial charge < -0.3 is 4.74 Å². The minimum atomic E-state index is -2.78. The first-order valence-electron chi connectivity index (χ1n) is 15.5. The standard InChI is InChI=1S/C40H38OSi3/c1-42(2,31-19-9-5-10-20-31)35-27-17-29-37-39(35)41-40-36(43(3,4)32-21-11-6-12-22-32)28-18-30-38(40)44(37,33-23-13-7-14-24-33)34-25-15-8-16-26-34/h5-30H,1-4H3. The van der Waals surface area contributed by atoms with E-state index in [9.17, 15) is 0 Å². The Morgan fingerprint density at radius 2 is 0.727 bits per heavy atom. The summed E-state index contributed by atoms with van der Waals surface area (Å²) in [7, 11) is -7.06. The van der Waals surface area contributed by atoms with Gasteiger partial charge in [0.25, 0.3) is 0 Å². The molecule has 0 unspecified atom stereocenters. The van der Waals surface area contributed by atoms with Gasteiger partial charge in [0.15, 0.2) is 8.07 Å². The second-order valence-electron chi connectivity index (χ2n) is 12.9. The minimum Gasteiger partial charge on any atom is -0.458 e. The van der Waals surface area contributed by atoms with Crippen molar-refractivity contribution in [2.75, 3.05) is 0 Å². The summed E-state index contributed by atoms with van der Waals surface area (Å²) in [5.74, 6) is 2.18. The van der Waals surface area contributed by atoms with Crippen LogP contribution in [0.25, 0.3) is 0 Å².